The number of aliphatic hydroxyl groups is 3. The maximum absolute atomic E-state index is 11.7. The van der Waals surface area contributed by atoms with Crippen LogP contribution >= 0.6 is 23.5 Å². The zero-order valence-corrected chi connectivity index (χ0v) is 19.4. The number of hydrogen-bond donors (Lipinski definition) is 6. The first-order valence-electron chi connectivity index (χ1n) is 10.3. The second kappa shape index (κ2) is 11.9. The third kappa shape index (κ3) is 7.00. The molecular formula is C22H28N2O7S2. The van der Waals surface area contributed by atoms with Gasteiger partial charge in [0.25, 0.3) is 0 Å². The van der Waals surface area contributed by atoms with Gasteiger partial charge in [0.15, 0.2) is 6.10 Å². The van der Waals surface area contributed by atoms with E-state index >= 15 is 0 Å². The topological polar surface area (TPSA) is 157 Å². The van der Waals surface area contributed by atoms with Gasteiger partial charge in [0.1, 0.15) is 36.0 Å². The predicted octanol–water partition coefficient (Wildman–Crippen LogP) is 0.577. The van der Waals surface area contributed by atoms with Gasteiger partial charge in [-0.05, 0) is 48.5 Å². The molecule has 1 unspecified atom stereocenters. The Morgan fingerprint density at radius 2 is 1.27 bits per heavy atom. The van der Waals surface area contributed by atoms with E-state index < -0.39 is 36.6 Å². The summed E-state index contributed by atoms with van der Waals surface area (Å²) < 4.78 is 5.65. The van der Waals surface area contributed by atoms with E-state index in [-0.39, 0.29) is 11.5 Å². The molecule has 2 aromatic carbocycles. The second-order valence-corrected chi connectivity index (χ2v) is 9.88. The van der Waals surface area contributed by atoms with Crippen molar-refractivity contribution in [2.45, 2.75) is 40.4 Å². The van der Waals surface area contributed by atoms with E-state index in [1.54, 1.807) is 53.4 Å². The Kier molecular flexibility index (Phi) is 9.27. The summed E-state index contributed by atoms with van der Waals surface area (Å²) in [5.74, 6) is 0.629. The van der Waals surface area contributed by atoms with Crippen LogP contribution in [0.5, 0.6) is 11.5 Å². The Morgan fingerprint density at radius 3 is 1.70 bits per heavy atom. The highest BCUT2D eigenvalue weighted by Crippen LogP contribution is 2.27. The molecule has 0 aliphatic carbocycles. The van der Waals surface area contributed by atoms with Crippen molar-refractivity contribution in [1.82, 2.24) is 4.90 Å². The minimum Gasteiger partial charge on any atom is -0.508 e. The zero-order valence-electron chi connectivity index (χ0n) is 17.7. The van der Waals surface area contributed by atoms with Crippen molar-refractivity contribution < 1.29 is 35.1 Å². The summed E-state index contributed by atoms with van der Waals surface area (Å²) in [5.41, 5.74) is 5.32. The van der Waals surface area contributed by atoms with E-state index in [1.807, 2.05) is 0 Å². The number of rotatable bonds is 10. The quantitative estimate of drug-likeness (QED) is 0.257. The Hall–Kier alpha value is -1.99. The summed E-state index contributed by atoms with van der Waals surface area (Å²) in [6.45, 7) is 0.884. The zero-order chi connectivity index (χ0) is 24.0. The number of nitrogens with two attached hydrogens (primary N) is 1. The molecule has 11 heteroatoms. The number of carbonyl (C=O) groups is 1. The molecular weight excluding hydrogens is 468 g/mol. The lowest BCUT2D eigenvalue weighted by atomic mass is 9.97. The number of carbonyl (C=O) groups excluding carboxylic acids is 1. The van der Waals surface area contributed by atoms with Crippen molar-refractivity contribution in [1.29, 1.82) is 0 Å². The number of nitrogens with zero attached hydrogens (tertiary/aromatic N) is 1. The van der Waals surface area contributed by atoms with Crippen LogP contribution in [0.25, 0.3) is 0 Å². The predicted molar refractivity (Wildman–Crippen MR) is 125 cm³/mol. The normalized spacial score (nSPS) is 25.3. The van der Waals surface area contributed by atoms with Gasteiger partial charge in [0.2, 0.25) is 5.91 Å². The van der Waals surface area contributed by atoms with Crippen LogP contribution in [0.1, 0.15) is 0 Å². The van der Waals surface area contributed by atoms with Gasteiger partial charge >= 0.3 is 0 Å². The molecule has 1 aliphatic rings. The number of ether oxygens (including phenoxy) is 1. The first kappa shape index (κ1) is 25.6. The molecule has 0 bridgehead atoms. The SMILES string of the molecule is NC(=O)[C@H]1OC(N(CCSc2ccc(O)cc2)CCSc2ccc(O)cc2)[C@H](O)[C@@H](O)[C@@H]1O. The summed E-state index contributed by atoms with van der Waals surface area (Å²) in [6.07, 6.45) is -7.12. The minimum atomic E-state index is -1.62. The fourth-order valence-corrected chi connectivity index (χ4v) is 5.19. The van der Waals surface area contributed by atoms with Crippen LogP contribution in [0, 0.1) is 0 Å². The van der Waals surface area contributed by atoms with Crippen molar-refractivity contribution in [3.8, 4) is 11.5 Å². The van der Waals surface area contributed by atoms with E-state index in [0.717, 1.165) is 9.79 Å². The standard InChI is InChI=1S/C22H28N2O7S2/c23-21(30)20-18(28)17(27)19(29)22(31-20)24(9-11-32-15-5-1-13(25)2-6-15)10-12-33-16-7-3-14(26)4-8-16/h1-8,17-20,22,25-29H,9-12H2,(H2,23,30)/t17-,18-,19+,20-,22?/m0/s1. The maximum Gasteiger partial charge on any atom is 0.249 e. The van der Waals surface area contributed by atoms with Crippen LogP contribution in [0.2, 0.25) is 0 Å². The van der Waals surface area contributed by atoms with Gasteiger partial charge in [-0.3, -0.25) is 9.69 Å². The number of hydrogen-bond acceptors (Lipinski definition) is 10. The van der Waals surface area contributed by atoms with Crippen molar-refractivity contribution in [2.24, 2.45) is 5.73 Å². The number of thioether (sulfide) groups is 2. The van der Waals surface area contributed by atoms with Gasteiger partial charge in [-0.25, -0.2) is 0 Å². The number of aromatic hydroxyl groups is 2. The lowest BCUT2D eigenvalue weighted by Gasteiger charge is -2.44. The van der Waals surface area contributed by atoms with E-state index in [2.05, 4.69) is 0 Å². The highest BCUT2D eigenvalue weighted by atomic mass is 32.2. The largest absolute Gasteiger partial charge is 0.508 e. The van der Waals surface area contributed by atoms with E-state index in [9.17, 15) is 30.3 Å². The average Bonchev–Trinajstić information content (AvgIpc) is 2.79. The van der Waals surface area contributed by atoms with Gasteiger partial charge in [-0.2, -0.15) is 0 Å². The van der Waals surface area contributed by atoms with Gasteiger partial charge in [-0.15, -0.1) is 23.5 Å². The average molecular weight is 497 g/mol. The summed E-state index contributed by atoms with van der Waals surface area (Å²) in [6, 6.07) is 13.5. The maximum atomic E-state index is 11.7. The molecule has 0 saturated carbocycles. The molecule has 33 heavy (non-hydrogen) atoms. The van der Waals surface area contributed by atoms with E-state index in [1.165, 1.54) is 23.5 Å². The minimum absolute atomic E-state index is 0.177. The molecule has 1 amide bonds. The second-order valence-electron chi connectivity index (χ2n) is 7.54. The van der Waals surface area contributed by atoms with Crippen molar-refractivity contribution in [3.05, 3.63) is 48.5 Å². The summed E-state index contributed by atoms with van der Waals surface area (Å²) in [5, 5.41) is 49.8. The fourth-order valence-electron chi connectivity index (χ4n) is 3.41. The summed E-state index contributed by atoms with van der Waals surface area (Å²) >= 11 is 3.07. The van der Waals surface area contributed by atoms with Crippen LogP contribution < -0.4 is 5.73 Å². The highest BCUT2D eigenvalue weighted by molar-refractivity contribution is 7.99. The molecule has 1 heterocycles. The van der Waals surface area contributed by atoms with Gasteiger partial charge in [0, 0.05) is 34.4 Å². The number of phenolic OH excluding ortho intramolecular Hbond substituents is 2. The summed E-state index contributed by atoms with van der Waals surface area (Å²) in [7, 11) is 0. The lowest BCUT2D eigenvalue weighted by molar-refractivity contribution is -0.252. The number of benzene rings is 2. The van der Waals surface area contributed by atoms with Crippen LogP contribution in [0.15, 0.2) is 58.3 Å². The molecule has 9 nitrogen and oxygen atoms in total. The number of phenols is 2. The Bertz CT molecular complexity index is 849. The van der Waals surface area contributed by atoms with E-state index in [4.69, 9.17) is 10.5 Å². The van der Waals surface area contributed by atoms with Crippen molar-refractivity contribution >= 4 is 29.4 Å². The smallest absolute Gasteiger partial charge is 0.249 e. The van der Waals surface area contributed by atoms with Crippen LogP contribution in [0.3, 0.4) is 0 Å². The molecule has 0 spiro atoms. The van der Waals surface area contributed by atoms with Crippen LogP contribution in [-0.4, -0.2) is 91.6 Å². The third-order valence-corrected chi connectivity index (χ3v) is 7.18. The molecule has 3 rings (SSSR count). The number of primary amides is 1. The molecule has 7 N–H and O–H groups in total. The van der Waals surface area contributed by atoms with Crippen molar-refractivity contribution in [3.63, 3.8) is 0 Å². The van der Waals surface area contributed by atoms with Gasteiger partial charge in [-0.1, -0.05) is 0 Å². The molecule has 1 fully saturated rings. The van der Waals surface area contributed by atoms with E-state index in [0.29, 0.717) is 24.6 Å². The monoisotopic (exact) mass is 496 g/mol. The number of aliphatic hydroxyl groups excluding tert-OH is 3. The van der Waals surface area contributed by atoms with Gasteiger partial charge < -0.3 is 36.0 Å². The highest BCUT2D eigenvalue weighted by Gasteiger charge is 2.47. The molecule has 1 saturated heterocycles. The molecule has 0 radical (unpaired) electrons. The lowest BCUT2D eigenvalue weighted by Crippen LogP contribution is -2.65. The Morgan fingerprint density at radius 1 is 0.818 bits per heavy atom. The van der Waals surface area contributed by atoms with Crippen molar-refractivity contribution in [2.75, 3.05) is 24.6 Å². The molecule has 1 aliphatic heterocycles. The number of amides is 1. The van der Waals surface area contributed by atoms with Crippen LogP contribution in [0.4, 0.5) is 0 Å². The molecule has 2 aromatic rings. The Balaban J connectivity index is 1.67. The first-order valence-corrected chi connectivity index (χ1v) is 12.3. The molecule has 180 valence electrons. The third-order valence-electron chi connectivity index (χ3n) is 5.20. The van der Waals surface area contributed by atoms with Gasteiger partial charge in [0.05, 0.1) is 0 Å². The Labute approximate surface area is 200 Å². The first-order chi connectivity index (χ1) is 15.8. The molecule has 5 atom stereocenters. The summed E-state index contributed by atoms with van der Waals surface area (Å²) in [4.78, 5) is 15.4. The molecule has 0 aromatic heterocycles. The van der Waals surface area contributed by atoms with Crippen LogP contribution in [-0.2, 0) is 9.53 Å². The fraction of sp³-hybridized carbons (Fsp3) is 0.409.